The summed E-state index contributed by atoms with van der Waals surface area (Å²) in [5.41, 5.74) is 4.60. The van der Waals surface area contributed by atoms with Crippen molar-refractivity contribution in [3.63, 3.8) is 0 Å². The molecule has 0 saturated carbocycles. The summed E-state index contributed by atoms with van der Waals surface area (Å²) in [4.78, 5) is 47.4. The number of carbonyl (C=O) groups is 4. The van der Waals surface area contributed by atoms with Gasteiger partial charge in [-0.05, 0) is 24.5 Å². The van der Waals surface area contributed by atoms with E-state index in [1.807, 2.05) is 30.3 Å². The smallest absolute Gasteiger partial charge is 0.414 e. The third-order valence-corrected chi connectivity index (χ3v) is 6.21. The fraction of sp³-hybridized carbons (Fsp3) is 0.296. The summed E-state index contributed by atoms with van der Waals surface area (Å²) in [5, 5.41) is 20.9. The van der Waals surface area contributed by atoms with Crippen molar-refractivity contribution in [2.24, 2.45) is 0 Å². The van der Waals surface area contributed by atoms with Gasteiger partial charge in [-0.25, -0.2) is 19.4 Å². The molecule has 1 atom stereocenters. The Morgan fingerprint density at radius 3 is 2.60 bits per heavy atom. The van der Waals surface area contributed by atoms with Crippen molar-refractivity contribution in [2.45, 2.75) is 32.4 Å². The molecule has 4 amide bonds. The maximum atomic E-state index is 13.9. The second-order valence-electron chi connectivity index (χ2n) is 8.90. The van der Waals surface area contributed by atoms with Crippen LogP contribution < -0.4 is 21.4 Å². The first kappa shape index (κ1) is 31.8. The number of rotatable bonds is 14. The molecule has 0 aliphatic rings. The Morgan fingerprint density at radius 2 is 1.88 bits per heavy atom. The van der Waals surface area contributed by atoms with E-state index in [1.54, 1.807) is 6.07 Å². The number of hydrogen-bond acceptors (Lipinski definition) is 8. The van der Waals surface area contributed by atoms with Gasteiger partial charge < -0.3 is 25.0 Å². The van der Waals surface area contributed by atoms with Crippen molar-refractivity contribution in [3.05, 3.63) is 71.0 Å². The van der Waals surface area contributed by atoms with Gasteiger partial charge in [-0.1, -0.05) is 59.2 Å². The molecule has 15 heteroatoms. The predicted octanol–water partition coefficient (Wildman–Crippen LogP) is 3.77. The van der Waals surface area contributed by atoms with Crippen LogP contribution in [0.3, 0.4) is 0 Å². The third-order valence-electron chi connectivity index (χ3n) is 5.79. The molecular weight excluding hydrogens is 575 g/mol. The topological polar surface area (TPSA) is 175 Å². The van der Waals surface area contributed by atoms with Crippen molar-refractivity contribution in [1.29, 1.82) is 0 Å². The molecule has 1 aromatic heterocycles. The summed E-state index contributed by atoms with van der Waals surface area (Å²) in [6.45, 7) is 0.621. The number of amides is 4. The number of halogens is 2. The minimum absolute atomic E-state index is 0.00492. The molecule has 3 rings (SSSR count). The van der Waals surface area contributed by atoms with E-state index in [0.717, 1.165) is 5.56 Å². The van der Waals surface area contributed by atoms with Crippen LogP contribution in [0.15, 0.2) is 59.1 Å². The first-order valence-corrected chi connectivity index (χ1v) is 13.2. The van der Waals surface area contributed by atoms with Crippen molar-refractivity contribution >= 4 is 41.5 Å². The second kappa shape index (κ2) is 15.9. The average Bonchev–Trinajstić information content (AvgIpc) is 3.43. The number of urea groups is 1. The normalized spacial score (nSPS) is 11.3. The van der Waals surface area contributed by atoms with Crippen LogP contribution in [0.5, 0.6) is 0 Å². The highest BCUT2D eigenvalue weighted by molar-refractivity contribution is 6.31. The second-order valence-corrected chi connectivity index (χ2v) is 9.28. The van der Waals surface area contributed by atoms with Crippen molar-refractivity contribution in [2.75, 3.05) is 25.0 Å². The quantitative estimate of drug-likeness (QED) is 0.135. The molecule has 1 heterocycles. The highest BCUT2D eigenvalue weighted by atomic mass is 35.5. The van der Waals surface area contributed by atoms with Gasteiger partial charge in [0.1, 0.15) is 24.7 Å². The maximum absolute atomic E-state index is 13.9. The third kappa shape index (κ3) is 10.1. The number of carboxylic acid groups (broad SMARTS) is 1. The molecule has 2 aromatic carbocycles. The predicted molar refractivity (Wildman–Crippen MR) is 150 cm³/mol. The number of hydrogen-bond donors (Lipinski definition) is 5. The van der Waals surface area contributed by atoms with E-state index < -0.39 is 42.4 Å². The fourth-order valence-corrected chi connectivity index (χ4v) is 3.98. The van der Waals surface area contributed by atoms with E-state index in [1.165, 1.54) is 30.1 Å². The molecule has 0 unspecified atom stereocenters. The summed E-state index contributed by atoms with van der Waals surface area (Å²) in [7, 11) is 0. The average molecular weight is 605 g/mol. The lowest BCUT2D eigenvalue weighted by molar-refractivity contribution is -0.137. The number of nitrogens with one attached hydrogen (secondary N) is 4. The molecule has 42 heavy (non-hydrogen) atoms. The monoisotopic (exact) mass is 604 g/mol. The molecule has 3 aromatic rings. The van der Waals surface area contributed by atoms with Crippen LogP contribution in [-0.2, 0) is 20.9 Å². The number of anilines is 1. The van der Waals surface area contributed by atoms with Gasteiger partial charge in [-0.2, -0.15) is 0 Å². The lowest BCUT2D eigenvalue weighted by Crippen LogP contribution is -2.51. The van der Waals surface area contributed by atoms with Crippen LogP contribution in [0.25, 0.3) is 11.3 Å². The van der Waals surface area contributed by atoms with Gasteiger partial charge in [0.25, 0.3) is 0 Å². The summed E-state index contributed by atoms with van der Waals surface area (Å²) >= 11 is 6.04. The van der Waals surface area contributed by atoms with Gasteiger partial charge in [-0.15, -0.1) is 0 Å². The van der Waals surface area contributed by atoms with Gasteiger partial charge in [0, 0.05) is 31.6 Å². The highest BCUT2D eigenvalue weighted by Gasteiger charge is 2.24. The number of aromatic nitrogens is 1. The highest BCUT2D eigenvalue weighted by Crippen LogP contribution is 2.22. The zero-order valence-corrected chi connectivity index (χ0v) is 23.3. The Morgan fingerprint density at radius 1 is 1.12 bits per heavy atom. The van der Waals surface area contributed by atoms with E-state index >= 15 is 0 Å². The molecule has 0 fully saturated rings. The Hall–Kier alpha value is -4.69. The Bertz CT molecular complexity index is 1370. The molecule has 13 nitrogen and oxygen atoms in total. The largest absolute Gasteiger partial charge is 0.480 e. The minimum atomic E-state index is -1.19. The minimum Gasteiger partial charge on any atom is -0.480 e. The zero-order chi connectivity index (χ0) is 30.5. The number of aliphatic carboxylic acids is 1. The number of benzene rings is 2. The van der Waals surface area contributed by atoms with Crippen LogP contribution in [0.2, 0.25) is 5.02 Å². The van der Waals surface area contributed by atoms with Crippen LogP contribution in [0.4, 0.5) is 19.9 Å². The molecule has 0 bridgehead atoms. The zero-order valence-electron chi connectivity index (χ0n) is 22.6. The number of carboxylic acids is 1. The summed E-state index contributed by atoms with van der Waals surface area (Å²) < 4.78 is 24.4. The first-order valence-electron chi connectivity index (χ1n) is 12.8. The summed E-state index contributed by atoms with van der Waals surface area (Å²) in [6, 6.07) is 13.6. The Labute approximate surface area is 245 Å². The Kier molecular flexibility index (Phi) is 12.1. The first-order chi connectivity index (χ1) is 20.1. The van der Waals surface area contributed by atoms with Gasteiger partial charge in [0.15, 0.2) is 0 Å². The number of carbonyl (C=O) groups excluding carboxylic acids is 3. The van der Waals surface area contributed by atoms with Crippen LogP contribution in [0.1, 0.15) is 25.3 Å². The molecular formula is C27H30ClFN6O7. The van der Waals surface area contributed by atoms with E-state index in [2.05, 4.69) is 26.5 Å². The molecule has 0 saturated heterocycles. The van der Waals surface area contributed by atoms with Gasteiger partial charge in [0.2, 0.25) is 11.8 Å². The Balaban J connectivity index is 1.62. The van der Waals surface area contributed by atoms with Crippen LogP contribution in [-0.4, -0.2) is 65.0 Å². The lowest BCUT2D eigenvalue weighted by Gasteiger charge is -2.31. The lowest BCUT2D eigenvalue weighted by atomic mass is 10.1. The standard InChI is InChI=1S/C27H30ClFN6O7/c1-17(36)35(32-14-19-9-5-11-21(29)25(19)28)20(10-6-12-30-26(39)31-15-24(37)38)16-41-27(40)33-23-13-22(34-42-23)18-7-3-2-4-8-18/h2-5,7-9,11,13,20,32H,6,10,12,14-16H2,1H3,(H,33,40)(H,37,38)(H2,30,31,39)/t20-/m0/s1. The summed E-state index contributed by atoms with van der Waals surface area (Å²) in [5.74, 6) is -2.18. The van der Waals surface area contributed by atoms with Gasteiger partial charge >= 0.3 is 18.1 Å². The van der Waals surface area contributed by atoms with Crippen LogP contribution in [0, 0.1) is 5.82 Å². The summed E-state index contributed by atoms with van der Waals surface area (Å²) in [6.07, 6.45) is -0.292. The number of ether oxygens (including phenoxy) is 1. The molecule has 0 aliphatic carbocycles. The van der Waals surface area contributed by atoms with E-state index in [4.69, 9.17) is 26.0 Å². The van der Waals surface area contributed by atoms with Crippen molar-refractivity contribution < 1.29 is 37.9 Å². The molecule has 5 N–H and O–H groups in total. The van der Waals surface area contributed by atoms with Gasteiger partial charge in [-0.3, -0.25) is 19.9 Å². The van der Waals surface area contributed by atoms with E-state index in [0.29, 0.717) is 17.7 Å². The van der Waals surface area contributed by atoms with E-state index in [9.17, 15) is 23.6 Å². The van der Waals surface area contributed by atoms with Crippen molar-refractivity contribution in [3.8, 4) is 11.3 Å². The van der Waals surface area contributed by atoms with Crippen molar-refractivity contribution in [1.82, 2.24) is 26.2 Å². The van der Waals surface area contributed by atoms with Crippen LogP contribution >= 0.6 is 11.6 Å². The fourth-order valence-electron chi connectivity index (χ4n) is 3.79. The number of hydrazine groups is 1. The molecule has 224 valence electrons. The number of nitrogens with zero attached hydrogens (tertiary/aromatic N) is 2. The van der Waals surface area contributed by atoms with E-state index in [-0.39, 0.29) is 37.0 Å². The SMILES string of the molecule is CC(=O)N(NCc1cccc(F)c1Cl)[C@@H](CCCNC(=O)NCC(=O)O)COC(=O)Nc1cc(-c2ccccc2)no1. The maximum Gasteiger partial charge on any atom is 0.414 e. The van der Waals surface area contributed by atoms with Gasteiger partial charge in [0.05, 0.1) is 11.1 Å². The molecule has 0 spiro atoms. The molecule has 0 radical (unpaired) electrons. The molecule has 0 aliphatic heterocycles.